The Kier molecular flexibility index (Phi) is 4.35. The summed E-state index contributed by atoms with van der Waals surface area (Å²) in [6.45, 7) is 0.271. The summed E-state index contributed by atoms with van der Waals surface area (Å²) in [6.07, 6.45) is 1.09. The summed E-state index contributed by atoms with van der Waals surface area (Å²) < 4.78 is 26.3. The Labute approximate surface area is 126 Å². The third-order valence-corrected chi connectivity index (χ3v) is 6.64. The molecule has 1 aromatic heterocycles. The zero-order valence-electron chi connectivity index (χ0n) is 11.6. The lowest BCUT2D eigenvalue weighted by molar-refractivity contribution is -0.132. The molecule has 0 saturated carbocycles. The van der Waals surface area contributed by atoms with Gasteiger partial charge in [-0.25, -0.2) is 13.2 Å². The Bertz CT molecular complexity index is 665. The molecule has 0 aromatic carbocycles. The first-order valence-corrected chi connectivity index (χ1v) is 8.62. The number of carbonyl (C=O) groups is 2. The summed E-state index contributed by atoms with van der Waals surface area (Å²) >= 11 is 0.858. The highest BCUT2D eigenvalue weighted by molar-refractivity contribution is 7.91. The highest BCUT2D eigenvalue weighted by Crippen LogP contribution is 2.30. The quantitative estimate of drug-likeness (QED) is 0.875. The van der Waals surface area contributed by atoms with Gasteiger partial charge in [0, 0.05) is 26.0 Å². The Morgan fingerprint density at radius 3 is 2.62 bits per heavy atom. The van der Waals surface area contributed by atoms with Crippen molar-refractivity contribution >= 4 is 33.2 Å². The van der Waals surface area contributed by atoms with Gasteiger partial charge in [0.1, 0.15) is 10.3 Å². The highest BCUT2D eigenvalue weighted by atomic mass is 32.2. The fourth-order valence-electron chi connectivity index (χ4n) is 2.25. The smallest absolute Gasteiger partial charge is 0.336 e. The standard InChI is InChI=1S/C12H16N2O5S2/c1-13(2)11(15)9-4-3-5-14(9)21(18,19)10-6-8(7-20-10)12(16)17/h6-7,9H,3-5H2,1-2H3,(H,16,17)/t9-/m0/s1. The molecule has 21 heavy (non-hydrogen) atoms. The first kappa shape index (κ1) is 15.9. The average Bonchev–Trinajstić information content (AvgIpc) is 3.07. The average molecular weight is 332 g/mol. The van der Waals surface area contributed by atoms with Crippen LogP contribution in [0.15, 0.2) is 15.7 Å². The third kappa shape index (κ3) is 2.94. The monoisotopic (exact) mass is 332 g/mol. The van der Waals surface area contributed by atoms with Crippen LogP contribution in [0.5, 0.6) is 0 Å². The number of likely N-dealkylation sites (N-methyl/N-ethyl adjacent to an activating group) is 1. The first-order chi connectivity index (χ1) is 9.75. The van der Waals surface area contributed by atoms with Crippen LogP contribution < -0.4 is 0 Å². The molecule has 2 rings (SSSR count). The number of thiophene rings is 1. The number of amides is 1. The van der Waals surface area contributed by atoms with Crippen LogP contribution in [-0.2, 0) is 14.8 Å². The molecule has 0 radical (unpaired) electrons. The van der Waals surface area contributed by atoms with Gasteiger partial charge in [0.05, 0.1) is 5.56 Å². The molecule has 1 N–H and O–H groups in total. The first-order valence-electron chi connectivity index (χ1n) is 6.30. The predicted octanol–water partition coefficient (Wildman–Crippen LogP) is 0.688. The Morgan fingerprint density at radius 2 is 2.10 bits per heavy atom. The van der Waals surface area contributed by atoms with E-state index in [0.29, 0.717) is 12.8 Å². The van der Waals surface area contributed by atoms with Crippen LogP contribution in [0.1, 0.15) is 23.2 Å². The van der Waals surface area contributed by atoms with Gasteiger partial charge in [-0.05, 0) is 18.9 Å². The van der Waals surface area contributed by atoms with E-state index in [1.807, 2.05) is 0 Å². The lowest BCUT2D eigenvalue weighted by Gasteiger charge is -2.24. The van der Waals surface area contributed by atoms with E-state index in [-0.39, 0.29) is 22.2 Å². The maximum Gasteiger partial charge on any atom is 0.336 e. The van der Waals surface area contributed by atoms with Gasteiger partial charge in [0.25, 0.3) is 10.0 Å². The van der Waals surface area contributed by atoms with Crippen LogP contribution >= 0.6 is 11.3 Å². The highest BCUT2D eigenvalue weighted by Gasteiger charge is 2.40. The van der Waals surface area contributed by atoms with Gasteiger partial charge in [-0.15, -0.1) is 11.3 Å². The fraction of sp³-hybridized carbons (Fsp3) is 0.500. The molecular formula is C12H16N2O5S2. The molecule has 1 aliphatic rings. The number of aromatic carboxylic acids is 1. The number of carboxylic acid groups (broad SMARTS) is 1. The van der Waals surface area contributed by atoms with E-state index in [1.54, 1.807) is 14.1 Å². The molecule has 0 bridgehead atoms. The van der Waals surface area contributed by atoms with Gasteiger partial charge >= 0.3 is 5.97 Å². The number of hydrogen-bond acceptors (Lipinski definition) is 5. The zero-order chi connectivity index (χ0) is 15.8. The summed E-state index contributed by atoms with van der Waals surface area (Å²) in [5.74, 6) is -1.43. The number of rotatable bonds is 4. The van der Waals surface area contributed by atoms with E-state index < -0.39 is 22.0 Å². The van der Waals surface area contributed by atoms with Gasteiger partial charge in [0.15, 0.2) is 0 Å². The Hall–Kier alpha value is -1.45. The van der Waals surface area contributed by atoms with E-state index >= 15 is 0 Å². The predicted molar refractivity (Wildman–Crippen MR) is 76.9 cm³/mol. The van der Waals surface area contributed by atoms with Crippen molar-refractivity contribution in [2.45, 2.75) is 23.1 Å². The second kappa shape index (κ2) is 5.74. The number of carbonyl (C=O) groups excluding carboxylic acids is 1. The van der Waals surface area contributed by atoms with E-state index in [2.05, 4.69) is 0 Å². The van der Waals surface area contributed by atoms with E-state index in [0.717, 1.165) is 17.4 Å². The van der Waals surface area contributed by atoms with Gasteiger partial charge in [-0.3, -0.25) is 4.79 Å². The molecule has 9 heteroatoms. The second-order valence-electron chi connectivity index (χ2n) is 4.97. The molecule has 7 nitrogen and oxygen atoms in total. The van der Waals surface area contributed by atoms with E-state index in [4.69, 9.17) is 5.11 Å². The molecule has 1 amide bonds. The van der Waals surface area contributed by atoms with Crippen molar-refractivity contribution in [3.63, 3.8) is 0 Å². The molecule has 1 aliphatic heterocycles. The minimum atomic E-state index is -3.84. The molecule has 1 fully saturated rings. The third-order valence-electron chi connectivity index (χ3n) is 3.31. The van der Waals surface area contributed by atoms with Gasteiger partial charge in [-0.1, -0.05) is 0 Å². The van der Waals surface area contributed by atoms with Crippen LogP contribution in [0, 0.1) is 0 Å². The van der Waals surface area contributed by atoms with Crippen LogP contribution in [0.3, 0.4) is 0 Å². The Morgan fingerprint density at radius 1 is 1.43 bits per heavy atom. The van der Waals surface area contributed by atoms with E-state index in [9.17, 15) is 18.0 Å². The fourth-order valence-corrected chi connectivity index (χ4v) is 5.18. The van der Waals surface area contributed by atoms with Crippen LogP contribution in [-0.4, -0.2) is 61.3 Å². The maximum absolute atomic E-state index is 12.6. The zero-order valence-corrected chi connectivity index (χ0v) is 13.3. The molecule has 116 valence electrons. The summed E-state index contributed by atoms with van der Waals surface area (Å²) in [6, 6.07) is 0.429. The summed E-state index contributed by atoms with van der Waals surface area (Å²) in [5.41, 5.74) is -0.0618. The summed E-state index contributed by atoms with van der Waals surface area (Å²) in [4.78, 5) is 24.3. The molecule has 1 saturated heterocycles. The minimum absolute atomic E-state index is 0.0432. The number of nitrogens with zero attached hydrogens (tertiary/aromatic N) is 2. The second-order valence-corrected chi connectivity index (χ2v) is 7.99. The van der Waals surface area contributed by atoms with Gasteiger partial charge in [0.2, 0.25) is 5.91 Å². The molecule has 0 unspecified atom stereocenters. The van der Waals surface area contributed by atoms with Crippen molar-refractivity contribution in [1.82, 2.24) is 9.21 Å². The van der Waals surface area contributed by atoms with Crippen molar-refractivity contribution in [2.75, 3.05) is 20.6 Å². The van der Waals surface area contributed by atoms with Crippen molar-refractivity contribution in [2.24, 2.45) is 0 Å². The largest absolute Gasteiger partial charge is 0.478 e. The van der Waals surface area contributed by atoms with Crippen molar-refractivity contribution in [1.29, 1.82) is 0 Å². The molecule has 0 aliphatic carbocycles. The van der Waals surface area contributed by atoms with Crippen LogP contribution in [0.2, 0.25) is 0 Å². The lowest BCUT2D eigenvalue weighted by Crippen LogP contribution is -2.45. The molecule has 1 aromatic rings. The topological polar surface area (TPSA) is 95.0 Å². The van der Waals surface area contributed by atoms with E-state index in [1.165, 1.54) is 14.6 Å². The van der Waals surface area contributed by atoms with Crippen molar-refractivity contribution in [3.8, 4) is 0 Å². The Balaban J connectivity index is 2.33. The molecule has 2 heterocycles. The normalized spacial score (nSPS) is 19.6. The lowest BCUT2D eigenvalue weighted by atomic mass is 10.2. The van der Waals surface area contributed by atoms with Crippen molar-refractivity contribution < 1.29 is 23.1 Å². The number of hydrogen-bond donors (Lipinski definition) is 1. The van der Waals surface area contributed by atoms with Crippen LogP contribution in [0.25, 0.3) is 0 Å². The summed E-state index contributed by atoms with van der Waals surface area (Å²) in [5, 5.41) is 10.2. The minimum Gasteiger partial charge on any atom is -0.478 e. The number of carboxylic acids is 1. The van der Waals surface area contributed by atoms with Gasteiger partial charge in [-0.2, -0.15) is 4.31 Å². The molecule has 0 spiro atoms. The van der Waals surface area contributed by atoms with Crippen LogP contribution in [0.4, 0.5) is 0 Å². The van der Waals surface area contributed by atoms with Crippen molar-refractivity contribution in [3.05, 3.63) is 17.0 Å². The number of sulfonamides is 1. The summed E-state index contributed by atoms with van der Waals surface area (Å²) in [7, 11) is -0.673. The molecule has 1 atom stereocenters. The SMILES string of the molecule is CN(C)C(=O)[C@@H]1CCCN1S(=O)(=O)c1cc(C(=O)O)cs1. The van der Waals surface area contributed by atoms with Gasteiger partial charge < -0.3 is 10.0 Å². The molecular weight excluding hydrogens is 316 g/mol. The maximum atomic E-state index is 12.6.